The summed E-state index contributed by atoms with van der Waals surface area (Å²) in [5.41, 5.74) is 0.789. The van der Waals surface area contributed by atoms with Crippen molar-refractivity contribution in [2.24, 2.45) is 0 Å². The second-order valence-corrected chi connectivity index (χ2v) is 10.4. The number of hydrogen-bond donors (Lipinski definition) is 1. The Morgan fingerprint density at radius 2 is 1.65 bits per heavy atom. The highest BCUT2D eigenvalue weighted by Gasteiger charge is 2.31. The summed E-state index contributed by atoms with van der Waals surface area (Å²) >= 11 is 1.26. The molecule has 0 bridgehead atoms. The van der Waals surface area contributed by atoms with Crippen molar-refractivity contribution in [2.75, 3.05) is 47.5 Å². The van der Waals surface area contributed by atoms with Gasteiger partial charge in [0, 0.05) is 37.6 Å². The van der Waals surface area contributed by atoms with E-state index < -0.39 is 10.0 Å². The van der Waals surface area contributed by atoms with Gasteiger partial charge in [0.15, 0.2) is 11.5 Å². The molecule has 1 aromatic heterocycles. The first kappa shape index (κ1) is 23.2. The van der Waals surface area contributed by atoms with E-state index in [0.717, 1.165) is 10.4 Å². The van der Waals surface area contributed by atoms with Crippen molar-refractivity contribution in [3.8, 4) is 17.2 Å². The van der Waals surface area contributed by atoms with E-state index in [1.807, 2.05) is 6.92 Å². The molecule has 170 valence electrons. The molecular weight excluding hydrogens is 442 g/mol. The fourth-order valence-electron chi connectivity index (χ4n) is 3.34. The maximum absolute atomic E-state index is 12.7. The van der Waals surface area contributed by atoms with Crippen molar-refractivity contribution in [3.05, 3.63) is 34.7 Å². The Kier molecular flexibility index (Phi) is 7.29. The van der Waals surface area contributed by atoms with E-state index in [-0.39, 0.29) is 25.7 Å². The lowest BCUT2D eigenvalue weighted by molar-refractivity contribution is 0.172. The van der Waals surface area contributed by atoms with E-state index in [2.05, 4.69) is 5.32 Å². The minimum absolute atomic E-state index is 0.252. The summed E-state index contributed by atoms with van der Waals surface area (Å²) < 4.78 is 43.2. The standard InChI is InChI=1S/C20H27N3O6S2/c1-14-5-6-18(30-14)31(25,26)23-9-7-22(8-10-23)20(24)21-13-15-11-16(27-2)19(29-4)17(12-15)28-3/h5-6,11-12H,7-10,13H2,1-4H3,(H,21,24). The molecule has 1 fully saturated rings. The number of carbonyl (C=O) groups excluding carboxylic acids is 1. The Labute approximate surface area is 186 Å². The molecule has 2 heterocycles. The number of methoxy groups -OCH3 is 3. The molecule has 1 N–H and O–H groups in total. The van der Waals surface area contributed by atoms with Crippen molar-refractivity contribution in [1.29, 1.82) is 0 Å². The summed E-state index contributed by atoms with van der Waals surface area (Å²) in [4.78, 5) is 15.2. The highest BCUT2D eigenvalue weighted by molar-refractivity contribution is 7.91. The van der Waals surface area contributed by atoms with E-state index in [1.165, 1.54) is 37.0 Å². The number of hydrogen-bond acceptors (Lipinski definition) is 7. The molecule has 1 saturated heterocycles. The Bertz CT molecular complexity index is 1000. The van der Waals surface area contributed by atoms with Gasteiger partial charge < -0.3 is 24.4 Å². The van der Waals surface area contributed by atoms with Crippen LogP contribution in [-0.4, -0.2) is 71.2 Å². The first-order chi connectivity index (χ1) is 14.8. The van der Waals surface area contributed by atoms with Crippen LogP contribution in [0, 0.1) is 6.92 Å². The summed E-state index contributed by atoms with van der Waals surface area (Å²) in [5.74, 6) is 1.50. The summed E-state index contributed by atoms with van der Waals surface area (Å²) in [6.07, 6.45) is 0. The predicted octanol–water partition coefficient (Wildman–Crippen LogP) is 2.30. The Morgan fingerprint density at radius 1 is 1.03 bits per heavy atom. The zero-order valence-electron chi connectivity index (χ0n) is 18.0. The Morgan fingerprint density at radius 3 is 2.13 bits per heavy atom. The lowest BCUT2D eigenvalue weighted by atomic mass is 10.2. The SMILES string of the molecule is COc1cc(CNC(=O)N2CCN(S(=O)(=O)c3ccc(C)s3)CC2)cc(OC)c1OC. The van der Waals surface area contributed by atoms with Gasteiger partial charge in [0.1, 0.15) is 4.21 Å². The van der Waals surface area contributed by atoms with Crippen molar-refractivity contribution in [2.45, 2.75) is 17.7 Å². The minimum Gasteiger partial charge on any atom is -0.493 e. The lowest BCUT2D eigenvalue weighted by Crippen LogP contribution is -2.52. The van der Waals surface area contributed by atoms with Crippen molar-refractivity contribution in [3.63, 3.8) is 0 Å². The maximum atomic E-state index is 12.7. The molecule has 1 aliphatic heterocycles. The van der Waals surface area contributed by atoms with Gasteiger partial charge in [-0.2, -0.15) is 4.31 Å². The summed E-state index contributed by atoms with van der Waals surface area (Å²) in [6, 6.07) is 6.72. The normalized spacial score (nSPS) is 14.9. The number of ether oxygens (including phenoxy) is 3. The Hall–Kier alpha value is -2.50. The zero-order chi connectivity index (χ0) is 22.6. The summed E-state index contributed by atoms with van der Waals surface area (Å²) in [5, 5.41) is 2.87. The third-order valence-electron chi connectivity index (χ3n) is 5.00. The topological polar surface area (TPSA) is 97.4 Å². The van der Waals surface area contributed by atoms with E-state index in [1.54, 1.807) is 29.2 Å². The number of piperazine rings is 1. The van der Waals surface area contributed by atoms with Crippen LogP contribution in [0.4, 0.5) is 4.79 Å². The second kappa shape index (κ2) is 9.75. The van der Waals surface area contributed by atoms with Crippen molar-refractivity contribution in [1.82, 2.24) is 14.5 Å². The smallest absolute Gasteiger partial charge is 0.317 e. The largest absolute Gasteiger partial charge is 0.493 e. The van der Waals surface area contributed by atoms with Crippen LogP contribution in [0.1, 0.15) is 10.4 Å². The van der Waals surface area contributed by atoms with Gasteiger partial charge in [0.2, 0.25) is 5.75 Å². The van der Waals surface area contributed by atoms with Gasteiger partial charge in [-0.15, -0.1) is 11.3 Å². The van der Waals surface area contributed by atoms with E-state index in [9.17, 15) is 13.2 Å². The van der Waals surface area contributed by atoms with Gasteiger partial charge in [0.05, 0.1) is 21.3 Å². The average Bonchev–Trinajstić information content (AvgIpc) is 3.23. The van der Waals surface area contributed by atoms with Crippen LogP contribution in [0.15, 0.2) is 28.5 Å². The molecule has 0 radical (unpaired) electrons. The van der Waals surface area contributed by atoms with Gasteiger partial charge in [-0.05, 0) is 36.8 Å². The van der Waals surface area contributed by atoms with Crippen LogP contribution in [0.3, 0.4) is 0 Å². The molecule has 3 rings (SSSR count). The average molecular weight is 470 g/mol. The fraction of sp³-hybridized carbons (Fsp3) is 0.450. The lowest BCUT2D eigenvalue weighted by Gasteiger charge is -2.33. The number of nitrogens with zero attached hydrogens (tertiary/aromatic N) is 2. The molecule has 9 nitrogen and oxygen atoms in total. The molecule has 2 amide bonds. The predicted molar refractivity (Wildman–Crippen MR) is 118 cm³/mol. The monoisotopic (exact) mass is 469 g/mol. The highest BCUT2D eigenvalue weighted by atomic mass is 32.2. The number of amides is 2. The summed E-state index contributed by atoms with van der Waals surface area (Å²) in [7, 11) is 1.08. The number of sulfonamides is 1. The minimum atomic E-state index is -3.51. The van der Waals surface area contributed by atoms with Crippen LogP contribution in [0.25, 0.3) is 0 Å². The number of nitrogens with one attached hydrogen (secondary N) is 1. The van der Waals surface area contributed by atoms with Crippen LogP contribution < -0.4 is 19.5 Å². The number of urea groups is 1. The molecule has 0 aliphatic carbocycles. The molecule has 11 heteroatoms. The zero-order valence-corrected chi connectivity index (χ0v) is 19.6. The van der Waals surface area contributed by atoms with Gasteiger partial charge in [-0.3, -0.25) is 0 Å². The third-order valence-corrected chi connectivity index (χ3v) is 8.37. The van der Waals surface area contributed by atoms with Gasteiger partial charge in [-0.25, -0.2) is 13.2 Å². The highest BCUT2D eigenvalue weighted by Crippen LogP contribution is 2.38. The first-order valence-corrected chi connectivity index (χ1v) is 11.9. The van der Waals surface area contributed by atoms with Crippen LogP contribution in [0.2, 0.25) is 0 Å². The van der Waals surface area contributed by atoms with Crippen LogP contribution in [-0.2, 0) is 16.6 Å². The molecule has 31 heavy (non-hydrogen) atoms. The number of thiophene rings is 1. The molecule has 2 aromatic rings. The number of benzene rings is 1. The molecule has 1 aliphatic rings. The second-order valence-electron chi connectivity index (χ2n) is 6.95. The van der Waals surface area contributed by atoms with Gasteiger partial charge >= 0.3 is 6.03 Å². The van der Waals surface area contributed by atoms with Gasteiger partial charge in [-0.1, -0.05) is 0 Å². The number of rotatable bonds is 7. The van der Waals surface area contributed by atoms with Crippen LogP contribution >= 0.6 is 11.3 Å². The molecule has 0 unspecified atom stereocenters. The van der Waals surface area contributed by atoms with E-state index in [4.69, 9.17) is 14.2 Å². The van der Waals surface area contributed by atoms with E-state index >= 15 is 0 Å². The first-order valence-electron chi connectivity index (χ1n) is 9.68. The van der Waals surface area contributed by atoms with Gasteiger partial charge in [0.25, 0.3) is 10.0 Å². The fourth-order valence-corrected chi connectivity index (χ4v) is 6.20. The third kappa shape index (κ3) is 5.05. The Balaban J connectivity index is 1.58. The molecular formula is C20H27N3O6S2. The molecule has 0 atom stereocenters. The van der Waals surface area contributed by atoms with Crippen molar-refractivity contribution >= 4 is 27.4 Å². The maximum Gasteiger partial charge on any atom is 0.317 e. The molecule has 0 saturated carbocycles. The molecule has 1 aromatic carbocycles. The molecule has 0 spiro atoms. The quantitative estimate of drug-likeness (QED) is 0.668. The van der Waals surface area contributed by atoms with E-state index in [0.29, 0.717) is 34.5 Å². The summed E-state index contributed by atoms with van der Waals surface area (Å²) in [6.45, 7) is 3.31. The number of aryl methyl sites for hydroxylation is 1. The van der Waals surface area contributed by atoms with Crippen LogP contribution in [0.5, 0.6) is 17.2 Å². The number of carbonyl (C=O) groups is 1. The van der Waals surface area contributed by atoms with Crippen molar-refractivity contribution < 1.29 is 27.4 Å².